The number of halogens is 4. The second-order valence-electron chi connectivity index (χ2n) is 6.83. The Labute approximate surface area is 214 Å². The minimum absolute atomic E-state index is 0.00150. The molecule has 0 bridgehead atoms. The van der Waals surface area contributed by atoms with Gasteiger partial charge in [0, 0.05) is 5.30 Å². The maximum Gasteiger partial charge on any atom is 0.310 e. The van der Waals surface area contributed by atoms with Crippen molar-refractivity contribution in [2.45, 2.75) is 19.8 Å². The van der Waals surface area contributed by atoms with E-state index in [1.165, 1.54) is 45.5 Å². The van der Waals surface area contributed by atoms with Gasteiger partial charge in [-0.15, -0.1) is 0 Å². The van der Waals surface area contributed by atoms with Gasteiger partial charge in [-0.2, -0.15) is 0 Å². The first-order chi connectivity index (χ1) is 15.7. The minimum atomic E-state index is -4.46. The smallest absolute Gasteiger partial charge is 0.302 e. The third-order valence-corrected chi connectivity index (χ3v) is 8.64. The van der Waals surface area contributed by atoms with Gasteiger partial charge in [0.25, 0.3) is 0 Å². The van der Waals surface area contributed by atoms with E-state index in [4.69, 9.17) is 51.0 Å². The first kappa shape index (κ1) is 27.7. The van der Waals surface area contributed by atoms with Crippen LogP contribution in [-0.2, 0) is 15.6 Å². The van der Waals surface area contributed by atoms with Crippen LogP contribution in [-0.4, -0.2) is 11.0 Å². The van der Waals surface area contributed by atoms with Crippen LogP contribution in [0.5, 0.6) is 0 Å². The van der Waals surface area contributed by atoms with Gasteiger partial charge in [0.15, 0.2) is 0 Å². The molecule has 3 aromatic carbocycles. The molecule has 0 fully saturated rings. The van der Waals surface area contributed by atoms with Crippen molar-refractivity contribution in [1.29, 1.82) is 0 Å². The molecule has 1 atom stereocenters. The SMILES string of the molecule is CCCc1ccc(P(=O)(C(=O)c2c(Cl)cccc2Cl)C(=O)c2c(Cl)cccc2Cl)cc1.O=[PH2+]. The minimum Gasteiger partial charge on any atom is -0.302 e. The second-order valence-corrected chi connectivity index (χ2v) is 11.0. The fraction of sp³-hybridized carbons (Fsp3) is 0.130. The Hall–Kier alpha value is -1.51. The highest BCUT2D eigenvalue weighted by Gasteiger charge is 2.45. The monoisotopic (exact) mass is 561 g/mol. The number of rotatable bonds is 7. The van der Waals surface area contributed by atoms with Gasteiger partial charge in [-0.05, 0) is 36.2 Å². The lowest BCUT2D eigenvalue weighted by molar-refractivity contribution is 0.104. The van der Waals surface area contributed by atoms with Crippen LogP contribution in [0.25, 0.3) is 0 Å². The molecule has 33 heavy (non-hydrogen) atoms. The van der Waals surface area contributed by atoms with Crippen molar-refractivity contribution in [2.24, 2.45) is 0 Å². The zero-order valence-electron chi connectivity index (χ0n) is 17.4. The normalized spacial score (nSPS) is 10.8. The molecule has 0 amide bonds. The van der Waals surface area contributed by atoms with Crippen molar-refractivity contribution in [3.05, 3.63) is 97.4 Å². The van der Waals surface area contributed by atoms with Gasteiger partial charge >= 0.3 is 9.12 Å². The lowest BCUT2D eigenvalue weighted by Crippen LogP contribution is -2.21. The van der Waals surface area contributed by atoms with E-state index in [2.05, 4.69) is 0 Å². The molecule has 0 N–H and O–H groups in total. The maximum absolute atomic E-state index is 14.4. The van der Waals surface area contributed by atoms with Gasteiger partial charge in [-0.1, -0.05) is 101 Å². The summed E-state index contributed by atoms with van der Waals surface area (Å²) in [6, 6.07) is 15.4. The number of aryl methyl sites for hydroxylation is 1. The van der Waals surface area contributed by atoms with Gasteiger partial charge in [0.1, 0.15) is 0 Å². The maximum atomic E-state index is 14.4. The van der Waals surface area contributed by atoms with Crippen LogP contribution in [0, 0.1) is 0 Å². The molecule has 0 aromatic heterocycles. The third kappa shape index (κ3) is 5.77. The lowest BCUT2D eigenvalue weighted by Gasteiger charge is -2.19. The molecule has 10 heteroatoms. The van der Waals surface area contributed by atoms with E-state index in [-0.39, 0.29) is 36.5 Å². The molecule has 0 heterocycles. The predicted molar refractivity (Wildman–Crippen MR) is 140 cm³/mol. The molecule has 0 aliphatic heterocycles. The van der Waals surface area contributed by atoms with Crippen LogP contribution in [0.4, 0.5) is 0 Å². The zero-order chi connectivity index (χ0) is 24.8. The Kier molecular flexibility index (Phi) is 10.3. The molecular formula is C23H19Cl4O4P2+. The summed E-state index contributed by atoms with van der Waals surface area (Å²) in [5.74, 6) is 0. The molecular weight excluding hydrogens is 544 g/mol. The molecule has 4 nitrogen and oxygen atoms in total. The third-order valence-electron chi connectivity index (χ3n) is 4.76. The first-order valence-electron chi connectivity index (χ1n) is 9.62. The molecule has 0 saturated heterocycles. The molecule has 0 saturated carbocycles. The molecule has 3 rings (SSSR count). The van der Waals surface area contributed by atoms with Gasteiger partial charge in [0.05, 0.1) is 31.2 Å². The Bertz CT molecular complexity index is 1120. The summed E-state index contributed by atoms with van der Waals surface area (Å²) in [6.45, 7) is 2.03. The molecule has 1 unspecified atom stereocenters. The topological polar surface area (TPSA) is 68.3 Å². The summed E-state index contributed by atoms with van der Waals surface area (Å²) < 4.78 is 22.5. The quantitative estimate of drug-likeness (QED) is 0.273. The molecule has 0 aliphatic carbocycles. The lowest BCUT2D eigenvalue weighted by atomic mass is 10.1. The van der Waals surface area contributed by atoms with Crippen LogP contribution >= 0.6 is 62.7 Å². The van der Waals surface area contributed by atoms with E-state index in [0.717, 1.165) is 18.4 Å². The van der Waals surface area contributed by atoms with Crippen LogP contribution in [0.15, 0.2) is 60.7 Å². The molecule has 0 spiro atoms. The highest BCUT2D eigenvalue weighted by Crippen LogP contribution is 2.54. The Balaban J connectivity index is 0.00000187. The van der Waals surface area contributed by atoms with E-state index >= 15 is 0 Å². The number of hydrogen-bond donors (Lipinski definition) is 0. The van der Waals surface area contributed by atoms with E-state index in [0.29, 0.717) is 0 Å². The Morgan fingerprint density at radius 2 is 1.09 bits per heavy atom. The van der Waals surface area contributed by atoms with Gasteiger partial charge < -0.3 is 4.57 Å². The summed E-state index contributed by atoms with van der Waals surface area (Å²) in [6.07, 6.45) is 1.72. The molecule has 0 aliphatic rings. The fourth-order valence-electron chi connectivity index (χ4n) is 3.21. The molecule has 0 radical (unpaired) electrons. The summed E-state index contributed by atoms with van der Waals surface area (Å²) in [7, 11) is -3.29. The summed E-state index contributed by atoms with van der Waals surface area (Å²) in [4.78, 5) is 27.2. The average molecular weight is 563 g/mol. The van der Waals surface area contributed by atoms with Crippen LogP contribution in [0.2, 0.25) is 20.1 Å². The highest BCUT2D eigenvalue weighted by molar-refractivity contribution is 8.01. The number of carbonyl (C=O) groups excluding carboxylic acids is 2. The van der Waals surface area contributed by atoms with Gasteiger partial charge in [0.2, 0.25) is 18.2 Å². The standard InChI is InChI=1S/C23H17Cl4O3P.H2OP/c1-2-5-14-10-12-15(13-11-14)31(30,22(28)20-16(24)6-3-7-17(20)25)23(29)21-18(26)8-4-9-19(21)27;1-2/h3-4,6-13H,2,5H2,1H3;2H2/q;+1. The van der Waals surface area contributed by atoms with E-state index in [9.17, 15) is 14.2 Å². The summed E-state index contributed by atoms with van der Waals surface area (Å²) >= 11 is 24.8. The van der Waals surface area contributed by atoms with Crippen molar-refractivity contribution < 1.29 is 18.7 Å². The highest BCUT2D eigenvalue weighted by atomic mass is 35.5. The second kappa shape index (κ2) is 12.3. The van der Waals surface area contributed by atoms with Crippen molar-refractivity contribution in [3.8, 4) is 0 Å². The largest absolute Gasteiger partial charge is 0.310 e. The van der Waals surface area contributed by atoms with E-state index in [1.54, 1.807) is 24.3 Å². The summed E-state index contributed by atoms with van der Waals surface area (Å²) in [5.41, 5.74) is -1.30. The Morgan fingerprint density at radius 1 is 0.727 bits per heavy atom. The van der Waals surface area contributed by atoms with Crippen molar-refractivity contribution >= 4 is 79.0 Å². The number of hydrogen-bond acceptors (Lipinski definition) is 4. The fourth-order valence-corrected chi connectivity index (χ4v) is 6.94. The van der Waals surface area contributed by atoms with Crippen LogP contribution in [0.1, 0.15) is 39.6 Å². The van der Waals surface area contributed by atoms with Crippen LogP contribution < -0.4 is 5.30 Å². The summed E-state index contributed by atoms with van der Waals surface area (Å²) in [5, 5.41) is 0.0582. The average Bonchev–Trinajstić information content (AvgIpc) is 2.80. The molecule has 172 valence electrons. The van der Waals surface area contributed by atoms with Crippen LogP contribution in [0.3, 0.4) is 0 Å². The number of benzene rings is 3. The van der Waals surface area contributed by atoms with Crippen molar-refractivity contribution in [1.82, 2.24) is 0 Å². The van der Waals surface area contributed by atoms with Gasteiger partial charge in [-0.3, -0.25) is 9.59 Å². The van der Waals surface area contributed by atoms with E-state index < -0.39 is 18.2 Å². The van der Waals surface area contributed by atoms with Gasteiger partial charge in [-0.25, -0.2) is 0 Å². The first-order valence-corrected chi connectivity index (χ1v) is 13.3. The zero-order valence-corrected chi connectivity index (χ0v) is 22.4. The van der Waals surface area contributed by atoms with E-state index in [1.807, 2.05) is 6.92 Å². The molecule has 3 aromatic rings. The number of carbonyl (C=O) groups is 2. The Morgan fingerprint density at radius 3 is 1.42 bits per heavy atom. The van der Waals surface area contributed by atoms with Crippen molar-refractivity contribution in [2.75, 3.05) is 0 Å². The van der Waals surface area contributed by atoms with Crippen molar-refractivity contribution in [3.63, 3.8) is 0 Å². The predicted octanol–water partition coefficient (Wildman–Crippen LogP) is 8.13.